The number of rotatable bonds is 4. The molecule has 0 atom stereocenters. The lowest BCUT2D eigenvalue weighted by Gasteiger charge is -2.13. The van der Waals surface area contributed by atoms with Crippen LogP contribution in [0.4, 0.5) is 0 Å². The highest BCUT2D eigenvalue weighted by molar-refractivity contribution is 5.60. The third-order valence-corrected chi connectivity index (χ3v) is 3.16. The molecule has 0 fully saturated rings. The molecule has 0 aliphatic rings. The second-order valence-electron chi connectivity index (χ2n) is 4.56. The first-order valence-electron chi connectivity index (χ1n) is 6.37. The van der Waals surface area contributed by atoms with Crippen LogP contribution >= 0.6 is 0 Å². The number of hydrogen-bond donors (Lipinski definition) is 0. The zero-order valence-electron chi connectivity index (χ0n) is 11.6. The summed E-state index contributed by atoms with van der Waals surface area (Å²) in [6.45, 7) is 2.86. The first-order valence-corrected chi connectivity index (χ1v) is 6.37. The molecule has 1 heterocycles. The maximum atomic E-state index is 12.3. The van der Waals surface area contributed by atoms with E-state index in [9.17, 15) is 4.79 Å². The summed E-state index contributed by atoms with van der Waals surface area (Å²) in [5.74, 6) is 0. The normalized spacial score (nSPS) is 10.2. The van der Waals surface area contributed by atoms with Gasteiger partial charge in [-0.25, -0.2) is 0 Å². The van der Waals surface area contributed by atoms with Gasteiger partial charge in [0.2, 0.25) is 0 Å². The smallest absolute Gasteiger partial charge is 0.269 e. The van der Waals surface area contributed by atoms with Crippen LogP contribution in [-0.4, -0.2) is 18.3 Å². The molecule has 2 rings (SSSR count). The van der Waals surface area contributed by atoms with Gasteiger partial charge in [-0.15, -0.1) is 0 Å². The van der Waals surface area contributed by atoms with Crippen molar-refractivity contribution in [2.24, 2.45) is 0 Å². The minimum absolute atomic E-state index is 0.150. The number of benzene rings is 1. The van der Waals surface area contributed by atoms with Crippen molar-refractivity contribution in [3.63, 3.8) is 0 Å². The fourth-order valence-corrected chi connectivity index (χ4v) is 2.04. The Labute approximate surface area is 117 Å². The molecule has 0 saturated heterocycles. The molecule has 4 nitrogen and oxygen atoms in total. The van der Waals surface area contributed by atoms with Crippen LogP contribution in [0.1, 0.15) is 11.1 Å². The number of pyridine rings is 1. The molecular formula is C16H16N2O2. The quantitative estimate of drug-likeness (QED) is 0.855. The maximum absolute atomic E-state index is 12.3. The summed E-state index contributed by atoms with van der Waals surface area (Å²) in [6, 6.07) is 13.2. The van der Waals surface area contributed by atoms with E-state index in [4.69, 9.17) is 10.00 Å². The van der Waals surface area contributed by atoms with Gasteiger partial charge >= 0.3 is 0 Å². The average Bonchev–Trinajstić information content (AvgIpc) is 2.47. The Morgan fingerprint density at radius 3 is 2.50 bits per heavy atom. The zero-order chi connectivity index (χ0) is 14.5. The Bertz CT molecular complexity index is 694. The van der Waals surface area contributed by atoms with E-state index in [0.29, 0.717) is 13.2 Å². The molecule has 0 amide bonds. The van der Waals surface area contributed by atoms with E-state index in [-0.39, 0.29) is 11.1 Å². The fraction of sp³-hybridized carbons (Fsp3) is 0.250. The van der Waals surface area contributed by atoms with Gasteiger partial charge < -0.3 is 9.30 Å². The number of aromatic nitrogens is 1. The van der Waals surface area contributed by atoms with Gasteiger partial charge in [0.25, 0.3) is 5.56 Å². The van der Waals surface area contributed by atoms with E-state index in [1.165, 1.54) is 0 Å². The van der Waals surface area contributed by atoms with Crippen molar-refractivity contribution in [3.05, 3.63) is 57.9 Å². The lowest BCUT2D eigenvalue weighted by atomic mass is 10.1. The third-order valence-electron chi connectivity index (χ3n) is 3.16. The van der Waals surface area contributed by atoms with Crippen LogP contribution in [0.5, 0.6) is 0 Å². The van der Waals surface area contributed by atoms with E-state index in [1.54, 1.807) is 23.8 Å². The van der Waals surface area contributed by atoms with Crippen molar-refractivity contribution in [1.29, 1.82) is 5.26 Å². The van der Waals surface area contributed by atoms with Crippen LogP contribution in [0.25, 0.3) is 11.3 Å². The standard InChI is InChI=1S/C16H16N2O2/c1-12-3-5-13(6-4-12)15-8-7-14(11-17)16(19)18(15)9-10-20-2/h3-8H,9-10H2,1-2H3. The molecule has 1 aromatic heterocycles. The Hall–Kier alpha value is -2.38. The van der Waals surface area contributed by atoms with Gasteiger partial charge in [0, 0.05) is 13.7 Å². The lowest BCUT2D eigenvalue weighted by Crippen LogP contribution is -2.25. The highest BCUT2D eigenvalue weighted by Gasteiger charge is 2.10. The molecule has 0 aliphatic carbocycles. The summed E-state index contributed by atoms with van der Waals surface area (Å²) in [7, 11) is 1.59. The predicted octanol–water partition coefficient (Wildman–Crippen LogP) is 2.34. The number of nitriles is 1. The number of methoxy groups -OCH3 is 1. The van der Waals surface area contributed by atoms with Crippen LogP contribution in [0, 0.1) is 18.3 Å². The Morgan fingerprint density at radius 2 is 1.90 bits per heavy atom. The molecule has 4 heteroatoms. The summed E-state index contributed by atoms with van der Waals surface area (Å²) in [5.41, 5.74) is 2.78. The predicted molar refractivity (Wildman–Crippen MR) is 77.5 cm³/mol. The molecule has 0 bridgehead atoms. The van der Waals surface area contributed by atoms with Crippen LogP contribution in [-0.2, 0) is 11.3 Å². The molecule has 20 heavy (non-hydrogen) atoms. The SMILES string of the molecule is COCCn1c(-c2ccc(C)cc2)ccc(C#N)c1=O. The second kappa shape index (κ2) is 6.18. The highest BCUT2D eigenvalue weighted by atomic mass is 16.5. The summed E-state index contributed by atoms with van der Waals surface area (Å²) >= 11 is 0. The van der Waals surface area contributed by atoms with Crippen LogP contribution in [0.15, 0.2) is 41.2 Å². The minimum Gasteiger partial charge on any atom is -0.383 e. The van der Waals surface area contributed by atoms with Gasteiger partial charge in [-0.3, -0.25) is 4.79 Å². The minimum atomic E-state index is -0.275. The Kier molecular flexibility index (Phi) is 4.34. The number of aryl methyl sites for hydroxylation is 1. The van der Waals surface area contributed by atoms with Crippen molar-refractivity contribution in [1.82, 2.24) is 4.57 Å². The molecule has 0 radical (unpaired) electrons. The first-order chi connectivity index (χ1) is 9.67. The molecule has 0 N–H and O–H groups in total. The molecule has 1 aromatic carbocycles. The molecule has 0 saturated carbocycles. The Balaban J connectivity index is 2.57. The molecule has 0 spiro atoms. The van der Waals surface area contributed by atoms with E-state index in [0.717, 1.165) is 16.8 Å². The largest absolute Gasteiger partial charge is 0.383 e. The van der Waals surface area contributed by atoms with Crippen molar-refractivity contribution < 1.29 is 4.74 Å². The highest BCUT2D eigenvalue weighted by Crippen LogP contribution is 2.19. The Morgan fingerprint density at radius 1 is 1.20 bits per heavy atom. The fourth-order valence-electron chi connectivity index (χ4n) is 2.04. The van der Waals surface area contributed by atoms with Crippen molar-refractivity contribution >= 4 is 0 Å². The van der Waals surface area contributed by atoms with E-state index < -0.39 is 0 Å². The van der Waals surface area contributed by atoms with Crippen molar-refractivity contribution in [2.75, 3.05) is 13.7 Å². The van der Waals surface area contributed by atoms with Crippen molar-refractivity contribution in [2.45, 2.75) is 13.5 Å². The van der Waals surface area contributed by atoms with E-state index >= 15 is 0 Å². The van der Waals surface area contributed by atoms with Gasteiger partial charge in [0.1, 0.15) is 11.6 Å². The number of ether oxygens (including phenoxy) is 1. The number of hydrogen-bond acceptors (Lipinski definition) is 3. The summed E-state index contributed by atoms with van der Waals surface area (Å²) in [4.78, 5) is 12.3. The maximum Gasteiger partial charge on any atom is 0.269 e. The van der Waals surface area contributed by atoms with Crippen LogP contribution in [0.2, 0.25) is 0 Å². The van der Waals surface area contributed by atoms with Gasteiger partial charge in [0.15, 0.2) is 0 Å². The molecular weight excluding hydrogens is 252 g/mol. The molecule has 2 aromatic rings. The van der Waals surface area contributed by atoms with Gasteiger partial charge in [0.05, 0.1) is 12.3 Å². The molecule has 0 aliphatic heterocycles. The summed E-state index contributed by atoms with van der Waals surface area (Å²) in [5, 5.41) is 8.97. The molecule has 0 unspecified atom stereocenters. The average molecular weight is 268 g/mol. The van der Waals surface area contributed by atoms with E-state index in [1.807, 2.05) is 37.3 Å². The monoisotopic (exact) mass is 268 g/mol. The third kappa shape index (κ3) is 2.79. The molecule has 102 valence electrons. The van der Waals surface area contributed by atoms with Crippen molar-refractivity contribution in [3.8, 4) is 17.3 Å². The van der Waals surface area contributed by atoms with Crippen LogP contribution in [0.3, 0.4) is 0 Å². The number of nitrogens with zero attached hydrogens (tertiary/aromatic N) is 2. The van der Waals surface area contributed by atoms with Crippen LogP contribution < -0.4 is 5.56 Å². The van der Waals surface area contributed by atoms with Gasteiger partial charge in [-0.2, -0.15) is 5.26 Å². The first kappa shape index (κ1) is 14.0. The summed E-state index contributed by atoms with van der Waals surface area (Å²) in [6.07, 6.45) is 0. The second-order valence-corrected chi connectivity index (χ2v) is 4.56. The lowest BCUT2D eigenvalue weighted by molar-refractivity contribution is 0.186. The van der Waals surface area contributed by atoms with E-state index in [2.05, 4.69) is 0 Å². The zero-order valence-corrected chi connectivity index (χ0v) is 11.6. The van der Waals surface area contributed by atoms with Gasteiger partial charge in [-0.05, 0) is 24.6 Å². The topological polar surface area (TPSA) is 55.0 Å². The van der Waals surface area contributed by atoms with Gasteiger partial charge in [-0.1, -0.05) is 29.8 Å². The summed E-state index contributed by atoms with van der Waals surface area (Å²) < 4.78 is 6.63.